The highest BCUT2D eigenvalue weighted by Crippen LogP contribution is 2.28. The summed E-state index contributed by atoms with van der Waals surface area (Å²) >= 11 is 0. The van der Waals surface area contributed by atoms with Gasteiger partial charge in [0.05, 0.1) is 7.11 Å². The van der Waals surface area contributed by atoms with Gasteiger partial charge in [0.25, 0.3) is 0 Å². The fourth-order valence-corrected chi connectivity index (χ4v) is 2.71. The number of rotatable bonds is 6. The zero-order valence-corrected chi connectivity index (χ0v) is 14.7. The number of aromatic nitrogens is 3. The molecule has 1 aromatic carbocycles. The molecule has 1 unspecified atom stereocenters. The molecular weight excluding hydrogens is 330 g/mol. The van der Waals surface area contributed by atoms with Crippen molar-refractivity contribution in [3.8, 4) is 5.75 Å². The lowest BCUT2D eigenvalue weighted by Gasteiger charge is -2.21. The number of ether oxygens (including phenoxy) is 1. The van der Waals surface area contributed by atoms with Crippen molar-refractivity contribution in [3.63, 3.8) is 0 Å². The van der Waals surface area contributed by atoms with E-state index >= 15 is 0 Å². The number of amides is 2. The van der Waals surface area contributed by atoms with Crippen LogP contribution >= 0.6 is 0 Å². The Morgan fingerprint density at radius 2 is 2.08 bits per heavy atom. The normalized spacial score (nSPS) is 11.6. The molecule has 7 nitrogen and oxygen atoms in total. The van der Waals surface area contributed by atoms with Crippen LogP contribution in [0.1, 0.15) is 23.0 Å². The summed E-state index contributed by atoms with van der Waals surface area (Å²) in [6, 6.07) is 10.6. The predicted molar refractivity (Wildman–Crippen MR) is 97.7 cm³/mol. The molecule has 0 saturated heterocycles. The highest BCUT2D eigenvalue weighted by Gasteiger charge is 2.23. The fraction of sp³-hybridized carbons (Fsp3) is 0.211. The monoisotopic (exact) mass is 351 g/mol. The number of pyridine rings is 1. The molecule has 0 saturated carbocycles. The Labute approximate surface area is 152 Å². The second-order valence-electron chi connectivity index (χ2n) is 5.76. The van der Waals surface area contributed by atoms with Crippen molar-refractivity contribution < 1.29 is 9.53 Å². The van der Waals surface area contributed by atoms with Gasteiger partial charge in [-0.1, -0.05) is 24.3 Å². The minimum Gasteiger partial charge on any atom is -0.496 e. The molecule has 134 valence electrons. The van der Waals surface area contributed by atoms with Crippen LogP contribution in [0.15, 0.2) is 61.2 Å². The van der Waals surface area contributed by atoms with Gasteiger partial charge >= 0.3 is 6.03 Å². The molecule has 0 aliphatic heterocycles. The van der Waals surface area contributed by atoms with Gasteiger partial charge in [-0.15, -0.1) is 0 Å². The summed E-state index contributed by atoms with van der Waals surface area (Å²) in [6.45, 7) is 0.388. The van der Waals surface area contributed by atoms with Crippen molar-refractivity contribution in [3.05, 3.63) is 78.1 Å². The Morgan fingerprint density at radius 1 is 1.23 bits per heavy atom. The Balaban J connectivity index is 1.80. The summed E-state index contributed by atoms with van der Waals surface area (Å²) in [5.41, 5.74) is 1.76. The van der Waals surface area contributed by atoms with E-state index in [1.165, 1.54) is 0 Å². The van der Waals surface area contributed by atoms with E-state index in [2.05, 4.69) is 20.6 Å². The minimum atomic E-state index is -0.444. The van der Waals surface area contributed by atoms with Crippen LogP contribution in [0.3, 0.4) is 0 Å². The van der Waals surface area contributed by atoms with Gasteiger partial charge in [-0.3, -0.25) is 4.98 Å². The van der Waals surface area contributed by atoms with Crippen LogP contribution in [0.5, 0.6) is 5.75 Å². The maximum Gasteiger partial charge on any atom is 0.315 e. The molecule has 0 aliphatic rings. The van der Waals surface area contributed by atoms with Crippen LogP contribution in [0.2, 0.25) is 0 Å². The molecule has 0 bridgehead atoms. The number of methoxy groups -OCH3 is 1. The molecule has 3 aromatic rings. The smallest absolute Gasteiger partial charge is 0.315 e. The van der Waals surface area contributed by atoms with Crippen molar-refractivity contribution >= 4 is 6.03 Å². The molecule has 3 rings (SSSR count). The Kier molecular flexibility index (Phi) is 5.48. The van der Waals surface area contributed by atoms with Crippen LogP contribution in [0.4, 0.5) is 4.79 Å². The van der Waals surface area contributed by atoms with E-state index in [0.717, 1.165) is 11.1 Å². The lowest BCUT2D eigenvalue weighted by Crippen LogP contribution is -2.39. The summed E-state index contributed by atoms with van der Waals surface area (Å²) in [5.74, 6) is 1.40. The number of benzene rings is 1. The van der Waals surface area contributed by atoms with E-state index in [0.29, 0.717) is 18.1 Å². The maximum absolute atomic E-state index is 12.5. The summed E-state index contributed by atoms with van der Waals surface area (Å²) in [4.78, 5) is 20.9. The summed E-state index contributed by atoms with van der Waals surface area (Å²) in [7, 11) is 3.50. The molecule has 0 aliphatic carbocycles. The van der Waals surface area contributed by atoms with Gasteiger partial charge in [0.1, 0.15) is 17.6 Å². The van der Waals surface area contributed by atoms with Crippen molar-refractivity contribution in [2.75, 3.05) is 7.11 Å². The number of hydrogen-bond acceptors (Lipinski definition) is 4. The Hall–Kier alpha value is -3.35. The first-order valence-corrected chi connectivity index (χ1v) is 8.22. The fourth-order valence-electron chi connectivity index (χ4n) is 2.71. The van der Waals surface area contributed by atoms with E-state index in [1.807, 2.05) is 54.2 Å². The number of hydrogen-bond donors (Lipinski definition) is 2. The van der Waals surface area contributed by atoms with Crippen LogP contribution in [0.25, 0.3) is 0 Å². The summed E-state index contributed by atoms with van der Waals surface area (Å²) in [6.07, 6.45) is 6.96. The predicted octanol–water partition coefficient (Wildman–Crippen LogP) is 2.41. The summed E-state index contributed by atoms with van der Waals surface area (Å²) < 4.78 is 7.33. The third-order valence-electron chi connectivity index (χ3n) is 4.02. The Bertz CT molecular complexity index is 863. The quantitative estimate of drug-likeness (QED) is 0.715. The number of carbonyl (C=O) groups is 1. The maximum atomic E-state index is 12.5. The first-order chi connectivity index (χ1) is 12.7. The van der Waals surface area contributed by atoms with E-state index in [9.17, 15) is 4.79 Å². The third kappa shape index (κ3) is 4.00. The van der Waals surface area contributed by atoms with Crippen LogP contribution in [0, 0.1) is 0 Å². The minimum absolute atomic E-state index is 0.298. The molecule has 2 aromatic heterocycles. The van der Waals surface area contributed by atoms with Gasteiger partial charge in [-0.05, 0) is 17.7 Å². The van der Waals surface area contributed by atoms with Crippen LogP contribution < -0.4 is 15.4 Å². The highest BCUT2D eigenvalue weighted by molar-refractivity contribution is 5.75. The lowest BCUT2D eigenvalue weighted by molar-refractivity contribution is 0.237. The zero-order valence-electron chi connectivity index (χ0n) is 14.7. The number of nitrogens with zero attached hydrogens (tertiary/aromatic N) is 3. The largest absolute Gasteiger partial charge is 0.496 e. The second kappa shape index (κ2) is 8.15. The third-order valence-corrected chi connectivity index (χ3v) is 4.02. The number of aryl methyl sites for hydroxylation is 1. The zero-order chi connectivity index (χ0) is 18.4. The summed E-state index contributed by atoms with van der Waals surface area (Å²) in [5, 5.41) is 5.84. The molecule has 2 heterocycles. The van der Waals surface area contributed by atoms with Crippen LogP contribution in [-0.2, 0) is 13.6 Å². The highest BCUT2D eigenvalue weighted by atomic mass is 16.5. The van der Waals surface area contributed by atoms with E-state index in [4.69, 9.17) is 4.74 Å². The van der Waals surface area contributed by atoms with Gasteiger partial charge in [0.2, 0.25) is 0 Å². The average Bonchev–Trinajstić information content (AvgIpc) is 3.11. The first kappa shape index (κ1) is 17.5. The topological polar surface area (TPSA) is 81.1 Å². The van der Waals surface area contributed by atoms with Crippen molar-refractivity contribution in [2.45, 2.75) is 12.6 Å². The number of urea groups is 1. The van der Waals surface area contributed by atoms with E-state index in [-0.39, 0.29) is 6.03 Å². The first-order valence-electron chi connectivity index (χ1n) is 8.22. The average molecular weight is 351 g/mol. The number of imidazole rings is 1. The van der Waals surface area contributed by atoms with Gasteiger partial charge < -0.3 is 19.9 Å². The standard InChI is InChI=1S/C19H21N5O2/c1-24-11-10-21-18(24)17(15-7-3-4-8-16(15)26-2)23-19(25)22-13-14-6-5-9-20-12-14/h3-12,17H,13H2,1-2H3,(H2,22,23,25). The molecule has 26 heavy (non-hydrogen) atoms. The van der Waals surface area contributed by atoms with Gasteiger partial charge in [0, 0.05) is 43.9 Å². The van der Waals surface area contributed by atoms with Gasteiger partial charge in [-0.2, -0.15) is 0 Å². The van der Waals surface area contributed by atoms with Crippen molar-refractivity contribution in [1.29, 1.82) is 0 Å². The number of nitrogens with one attached hydrogen (secondary N) is 2. The Morgan fingerprint density at radius 3 is 2.77 bits per heavy atom. The molecule has 2 N–H and O–H groups in total. The van der Waals surface area contributed by atoms with Crippen molar-refractivity contribution in [2.24, 2.45) is 7.05 Å². The second-order valence-corrected chi connectivity index (χ2v) is 5.76. The molecule has 0 radical (unpaired) electrons. The van der Waals surface area contributed by atoms with E-state index in [1.54, 1.807) is 25.7 Å². The molecule has 2 amide bonds. The SMILES string of the molecule is COc1ccccc1C(NC(=O)NCc1cccnc1)c1nccn1C. The molecule has 1 atom stereocenters. The number of para-hydroxylation sites is 1. The molecule has 7 heteroatoms. The van der Waals surface area contributed by atoms with Crippen molar-refractivity contribution in [1.82, 2.24) is 25.2 Å². The molecule has 0 fully saturated rings. The number of carbonyl (C=O) groups excluding carboxylic acids is 1. The lowest BCUT2D eigenvalue weighted by atomic mass is 10.0. The van der Waals surface area contributed by atoms with Gasteiger partial charge in [-0.25, -0.2) is 9.78 Å². The molecule has 0 spiro atoms. The van der Waals surface area contributed by atoms with Crippen LogP contribution in [-0.4, -0.2) is 27.7 Å². The van der Waals surface area contributed by atoms with Gasteiger partial charge in [0.15, 0.2) is 0 Å². The van der Waals surface area contributed by atoms with E-state index < -0.39 is 6.04 Å². The molecular formula is C19H21N5O2.